The van der Waals surface area contributed by atoms with Gasteiger partial charge in [-0.25, -0.2) is 0 Å². The second-order valence-electron chi connectivity index (χ2n) is 5.92. The molecule has 1 fully saturated rings. The number of hydrogen-bond acceptors (Lipinski definition) is 4. The molecule has 0 aliphatic carbocycles. The van der Waals surface area contributed by atoms with E-state index in [2.05, 4.69) is 39.8 Å². The van der Waals surface area contributed by atoms with E-state index in [9.17, 15) is 5.26 Å². The second-order valence-corrected chi connectivity index (χ2v) is 5.92. The molecule has 0 radical (unpaired) electrons. The van der Waals surface area contributed by atoms with Crippen molar-refractivity contribution in [1.29, 1.82) is 10.5 Å². The smallest absolute Gasteiger partial charge is 0.0669 e. The third-order valence-electron chi connectivity index (χ3n) is 4.23. The van der Waals surface area contributed by atoms with Crippen molar-refractivity contribution in [3.63, 3.8) is 0 Å². The number of aryl methyl sites for hydroxylation is 2. The lowest BCUT2D eigenvalue weighted by molar-refractivity contribution is 0.205. The van der Waals surface area contributed by atoms with Crippen molar-refractivity contribution >= 4 is 0 Å². The fraction of sp³-hybridized carbons (Fsp3) is 0.688. The van der Waals surface area contributed by atoms with Crippen LogP contribution in [0.25, 0.3) is 0 Å². The molecule has 0 amide bonds. The minimum absolute atomic E-state index is 0.0364. The lowest BCUT2D eigenvalue weighted by Gasteiger charge is -2.26. The van der Waals surface area contributed by atoms with Crippen molar-refractivity contribution in [1.82, 2.24) is 14.7 Å². The van der Waals surface area contributed by atoms with Crippen LogP contribution in [0.2, 0.25) is 0 Å². The van der Waals surface area contributed by atoms with Crippen molar-refractivity contribution in [2.24, 2.45) is 5.92 Å². The Hall–Kier alpha value is -1.85. The molecule has 0 N–H and O–H groups in total. The predicted octanol–water partition coefficient (Wildman–Crippen LogP) is 2.41. The number of hydrogen-bond donors (Lipinski definition) is 0. The Morgan fingerprint density at radius 2 is 2.24 bits per heavy atom. The van der Waals surface area contributed by atoms with Crippen LogP contribution in [0.3, 0.4) is 0 Å². The zero-order chi connectivity index (χ0) is 15.2. The zero-order valence-electron chi connectivity index (χ0n) is 12.9. The van der Waals surface area contributed by atoms with Gasteiger partial charge < -0.3 is 0 Å². The van der Waals surface area contributed by atoms with Gasteiger partial charge in [-0.05, 0) is 45.7 Å². The molecule has 2 atom stereocenters. The van der Waals surface area contributed by atoms with E-state index in [0.29, 0.717) is 18.9 Å². The standard InChI is InChI=1S/C16H23N5/c1-13-9-14(2)21(19-13)12-16-6-4-8-20(16)11-15(10-18)5-3-7-17/h9,15-16H,3-6,8,11-12H2,1-2H3/t15-,16+/m0/s1. The summed E-state index contributed by atoms with van der Waals surface area (Å²) in [6.45, 7) is 6.83. The van der Waals surface area contributed by atoms with E-state index in [1.54, 1.807) is 0 Å². The molecule has 112 valence electrons. The van der Waals surface area contributed by atoms with Gasteiger partial charge >= 0.3 is 0 Å². The van der Waals surface area contributed by atoms with Crippen molar-refractivity contribution < 1.29 is 0 Å². The average molecular weight is 285 g/mol. The first-order valence-corrected chi connectivity index (χ1v) is 7.65. The minimum atomic E-state index is -0.0364. The summed E-state index contributed by atoms with van der Waals surface area (Å²) in [6, 6.07) is 7.04. The summed E-state index contributed by atoms with van der Waals surface area (Å²) in [6.07, 6.45) is 3.49. The minimum Gasteiger partial charge on any atom is -0.297 e. The van der Waals surface area contributed by atoms with Crippen LogP contribution in [-0.4, -0.2) is 33.8 Å². The number of aromatic nitrogens is 2. The maximum atomic E-state index is 9.23. The topological polar surface area (TPSA) is 68.6 Å². The van der Waals surface area contributed by atoms with Crippen molar-refractivity contribution in [2.75, 3.05) is 13.1 Å². The molecule has 1 aromatic rings. The second kappa shape index (κ2) is 7.24. The van der Waals surface area contributed by atoms with Crippen LogP contribution < -0.4 is 0 Å². The van der Waals surface area contributed by atoms with Crippen LogP contribution in [0.5, 0.6) is 0 Å². The first-order chi connectivity index (χ1) is 10.1. The van der Waals surface area contributed by atoms with E-state index >= 15 is 0 Å². The average Bonchev–Trinajstić information content (AvgIpc) is 3.02. The van der Waals surface area contributed by atoms with Crippen molar-refractivity contribution in [2.45, 2.75) is 52.1 Å². The third kappa shape index (κ3) is 4.06. The quantitative estimate of drug-likeness (QED) is 0.805. The predicted molar refractivity (Wildman–Crippen MR) is 80.2 cm³/mol. The molecule has 0 bridgehead atoms. The van der Waals surface area contributed by atoms with Gasteiger partial charge in [0.05, 0.1) is 30.3 Å². The van der Waals surface area contributed by atoms with E-state index in [1.165, 1.54) is 12.1 Å². The summed E-state index contributed by atoms with van der Waals surface area (Å²) in [5.74, 6) is -0.0364. The summed E-state index contributed by atoms with van der Waals surface area (Å²) in [5.41, 5.74) is 2.25. The Morgan fingerprint density at radius 1 is 1.43 bits per heavy atom. The van der Waals surface area contributed by atoms with Crippen molar-refractivity contribution in [3.05, 3.63) is 17.5 Å². The van der Waals surface area contributed by atoms with Gasteiger partial charge in [0.25, 0.3) is 0 Å². The molecular formula is C16H23N5. The van der Waals surface area contributed by atoms with Crippen LogP contribution >= 0.6 is 0 Å². The maximum absolute atomic E-state index is 9.23. The van der Waals surface area contributed by atoms with Gasteiger partial charge in [0.1, 0.15) is 0 Å². The lowest BCUT2D eigenvalue weighted by Crippen LogP contribution is -2.36. The monoisotopic (exact) mass is 285 g/mol. The Labute approximate surface area is 126 Å². The summed E-state index contributed by atoms with van der Waals surface area (Å²) < 4.78 is 2.08. The fourth-order valence-electron chi connectivity index (χ4n) is 3.12. The third-order valence-corrected chi connectivity index (χ3v) is 4.23. The highest BCUT2D eigenvalue weighted by atomic mass is 15.3. The summed E-state index contributed by atoms with van der Waals surface area (Å²) in [4.78, 5) is 2.40. The Kier molecular flexibility index (Phi) is 5.36. The zero-order valence-corrected chi connectivity index (χ0v) is 12.9. The van der Waals surface area contributed by atoms with E-state index < -0.39 is 0 Å². The van der Waals surface area contributed by atoms with E-state index in [0.717, 1.165) is 31.7 Å². The highest BCUT2D eigenvalue weighted by Gasteiger charge is 2.27. The summed E-state index contributed by atoms with van der Waals surface area (Å²) in [5, 5.41) is 22.4. The number of nitriles is 2. The van der Waals surface area contributed by atoms with Gasteiger partial charge in [-0.1, -0.05) is 0 Å². The van der Waals surface area contributed by atoms with E-state index in [-0.39, 0.29) is 5.92 Å². The Balaban J connectivity index is 1.95. The Bertz CT molecular complexity index is 548. The molecule has 5 nitrogen and oxygen atoms in total. The highest BCUT2D eigenvalue weighted by molar-refractivity contribution is 5.07. The van der Waals surface area contributed by atoms with Crippen LogP contribution in [0.4, 0.5) is 0 Å². The molecule has 0 saturated carbocycles. The van der Waals surface area contributed by atoms with Crippen molar-refractivity contribution in [3.8, 4) is 12.1 Å². The molecule has 1 aromatic heterocycles. The lowest BCUT2D eigenvalue weighted by atomic mass is 10.0. The normalized spacial score (nSPS) is 20.1. The fourth-order valence-corrected chi connectivity index (χ4v) is 3.12. The van der Waals surface area contributed by atoms with Crippen LogP contribution in [-0.2, 0) is 6.54 Å². The summed E-state index contributed by atoms with van der Waals surface area (Å²) in [7, 11) is 0. The van der Waals surface area contributed by atoms with Crippen LogP contribution in [0.1, 0.15) is 37.1 Å². The number of likely N-dealkylation sites (tertiary alicyclic amines) is 1. The van der Waals surface area contributed by atoms with E-state index in [4.69, 9.17) is 5.26 Å². The largest absolute Gasteiger partial charge is 0.297 e. The maximum Gasteiger partial charge on any atom is 0.0669 e. The van der Waals surface area contributed by atoms with Crippen LogP contribution in [0.15, 0.2) is 6.07 Å². The molecule has 0 aromatic carbocycles. The van der Waals surface area contributed by atoms with Gasteiger partial charge in [0.2, 0.25) is 0 Å². The molecule has 1 aliphatic heterocycles. The van der Waals surface area contributed by atoms with Gasteiger partial charge in [0.15, 0.2) is 0 Å². The number of nitrogens with zero attached hydrogens (tertiary/aromatic N) is 5. The molecule has 1 aliphatic rings. The molecule has 0 unspecified atom stereocenters. The first kappa shape index (κ1) is 15.5. The van der Waals surface area contributed by atoms with Gasteiger partial charge in [-0.2, -0.15) is 15.6 Å². The molecule has 21 heavy (non-hydrogen) atoms. The van der Waals surface area contributed by atoms with Gasteiger partial charge in [0, 0.05) is 24.7 Å². The molecule has 0 spiro atoms. The SMILES string of the molecule is Cc1cc(C)n(C[C@H]2CCCN2C[C@H](C#N)CCC#N)n1. The first-order valence-electron chi connectivity index (χ1n) is 7.65. The van der Waals surface area contributed by atoms with Crippen LogP contribution in [0, 0.1) is 42.4 Å². The molecule has 2 heterocycles. The molecule has 2 rings (SSSR count). The molecule has 1 saturated heterocycles. The van der Waals surface area contributed by atoms with Gasteiger partial charge in [-0.15, -0.1) is 0 Å². The number of rotatable bonds is 6. The highest BCUT2D eigenvalue weighted by Crippen LogP contribution is 2.22. The Morgan fingerprint density at radius 3 is 2.86 bits per heavy atom. The molecular weight excluding hydrogens is 262 g/mol. The summed E-state index contributed by atoms with van der Waals surface area (Å²) >= 11 is 0. The van der Waals surface area contributed by atoms with Gasteiger partial charge in [-0.3, -0.25) is 9.58 Å². The van der Waals surface area contributed by atoms with E-state index in [1.807, 2.05) is 6.92 Å². The molecule has 5 heteroatoms.